The fourth-order valence-corrected chi connectivity index (χ4v) is 4.77. The Labute approximate surface area is 202 Å². The van der Waals surface area contributed by atoms with Crippen LogP contribution in [0.25, 0.3) is 27.0 Å². The third kappa shape index (κ3) is 4.90. The summed E-state index contributed by atoms with van der Waals surface area (Å²) in [6.45, 7) is 9.73. The number of nitrogens with one attached hydrogen (secondary N) is 1. The van der Waals surface area contributed by atoms with Crippen LogP contribution in [0.5, 0.6) is 0 Å². The standard InChI is InChI=1S/C25H26FN7S/c1-17(19-5-7-27-24(15-19)33-11-9-32(8-6-26)10-12-33)29-23-14-22-13-20(3-4-21(22)16-28-23)25-31-30-18(2)34-25/h3-5,7,13-16H,1,6,8-12H2,2H3,(H,28,29). The van der Waals surface area contributed by atoms with Crippen LogP contribution in [0.1, 0.15) is 10.6 Å². The molecule has 0 amide bonds. The number of fused-ring (bicyclic) bond motifs is 1. The molecule has 0 atom stereocenters. The lowest BCUT2D eigenvalue weighted by Crippen LogP contribution is -2.47. The number of piperazine rings is 1. The van der Waals surface area contributed by atoms with Crippen LogP contribution in [0.3, 0.4) is 0 Å². The van der Waals surface area contributed by atoms with E-state index in [1.807, 2.05) is 37.4 Å². The lowest BCUT2D eigenvalue weighted by molar-refractivity contribution is 0.235. The maximum atomic E-state index is 12.6. The van der Waals surface area contributed by atoms with Gasteiger partial charge in [0.1, 0.15) is 28.3 Å². The van der Waals surface area contributed by atoms with Crippen LogP contribution < -0.4 is 10.2 Å². The highest BCUT2D eigenvalue weighted by Crippen LogP contribution is 2.28. The Bertz CT molecular complexity index is 1310. The zero-order valence-electron chi connectivity index (χ0n) is 19.0. The van der Waals surface area contributed by atoms with E-state index in [9.17, 15) is 4.39 Å². The molecule has 0 spiro atoms. The van der Waals surface area contributed by atoms with Crippen LogP contribution in [-0.4, -0.2) is 64.5 Å². The van der Waals surface area contributed by atoms with E-state index < -0.39 is 0 Å². The molecule has 1 fully saturated rings. The van der Waals surface area contributed by atoms with Crippen molar-refractivity contribution in [2.24, 2.45) is 0 Å². The fourth-order valence-electron chi connectivity index (χ4n) is 4.08. The summed E-state index contributed by atoms with van der Waals surface area (Å²) in [7, 11) is 0. The molecule has 4 heterocycles. The highest BCUT2D eigenvalue weighted by molar-refractivity contribution is 7.14. The normalized spacial score (nSPS) is 14.5. The molecule has 34 heavy (non-hydrogen) atoms. The lowest BCUT2D eigenvalue weighted by atomic mass is 10.1. The number of alkyl halides is 1. The molecule has 4 aromatic rings. The molecule has 1 saturated heterocycles. The third-order valence-corrected chi connectivity index (χ3v) is 6.85. The number of halogens is 1. The van der Waals surface area contributed by atoms with E-state index in [1.54, 1.807) is 17.5 Å². The predicted molar refractivity (Wildman–Crippen MR) is 137 cm³/mol. The SMILES string of the molecule is C=C(Nc1cc2cc(-c3nnc(C)s3)ccc2cn1)c1ccnc(N2CCN(CCF)CC2)c1. The number of rotatable bonds is 7. The zero-order chi connectivity index (χ0) is 23.5. The summed E-state index contributed by atoms with van der Waals surface area (Å²) in [6, 6.07) is 12.2. The minimum Gasteiger partial charge on any atom is -0.354 e. The van der Waals surface area contributed by atoms with Crippen molar-refractivity contribution in [3.05, 3.63) is 65.9 Å². The molecular weight excluding hydrogens is 449 g/mol. The van der Waals surface area contributed by atoms with Crippen LogP contribution in [0.2, 0.25) is 0 Å². The van der Waals surface area contributed by atoms with Crippen molar-refractivity contribution in [3.8, 4) is 10.6 Å². The van der Waals surface area contributed by atoms with Gasteiger partial charge in [0.15, 0.2) is 0 Å². The molecule has 0 saturated carbocycles. The van der Waals surface area contributed by atoms with E-state index in [0.29, 0.717) is 6.54 Å². The average Bonchev–Trinajstić information content (AvgIpc) is 3.30. The zero-order valence-corrected chi connectivity index (χ0v) is 19.9. The van der Waals surface area contributed by atoms with Gasteiger partial charge < -0.3 is 10.2 Å². The molecule has 1 aliphatic heterocycles. The summed E-state index contributed by atoms with van der Waals surface area (Å²) < 4.78 is 12.6. The number of hydrogen-bond acceptors (Lipinski definition) is 8. The number of anilines is 2. The van der Waals surface area contributed by atoms with Crippen molar-refractivity contribution in [2.45, 2.75) is 6.92 Å². The smallest absolute Gasteiger partial charge is 0.147 e. The number of benzene rings is 1. The Morgan fingerprint density at radius 1 is 1.06 bits per heavy atom. The lowest BCUT2D eigenvalue weighted by Gasteiger charge is -2.35. The molecule has 0 aliphatic carbocycles. The van der Waals surface area contributed by atoms with E-state index >= 15 is 0 Å². The maximum Gasteiger partial charge on any atom is 0.147 e. The van der Waals surface area contributed by atoms with Gasteiger partial charge in [-0.15, -0.1) is 10.2 Å². The van der Waals surface area contributed by atoms with Crippen molar-refractivity contribution in [2.75, 3.05) is 49.6 Å². The second-order valence-corrected chi connectivity index (χ2v) is 9.46. The molecule has 5 rings (SSSR count). The summed E-state index contributed by atoms with van der Waals surface area (Å²) in [6.07, 6.45) is 3.66. The van der Waals surface area contributed by atoms with Crippen LogP contribution in [0.15, 0.2) is 55.4 Å². The second-order valence-electron chi connectivity index (χ2n) is 8.28. The van der Waals surface area contributed by atoms with Crippen LogP contribution in [0, 0.1) is 6.92 Å². The topological polar surface area (TPSA) is 70.1 Å². The van der Waals surface area contributed by atoms with Crippen molar-refractivity contribution in [3.63, 3.8) is 0 Å². The van der Waals surface area contributed by atoms with Crippen LogP contribution in [-0.2, 0) is 0 Å². The Hall–Kier alpha value is -3.43. The Morgan fingerprint density at radius 3 is 2.68 bits per heavy atom. The molecule has 7 nitrogen and oxygen atoms in total. The van der Waals surface area contributed by atoms with Crippen LogP contribution in [0.4, 0.5) is 16.0 Å². The van der Waals surface area contributed by atoms with Crippen molar-refractivity contribution >= 4 is 39.4 Å². The Balaban J connectivity index is 1.31. The first-order valence-corrected chi connectivity index (χ1v) is 12.1. The first-order chi connectivity index (χ1) is 16.6. The molecular formula is C25H26FN7S. The molecule has 9 heteroatoms. The largest absolute Gasteiger partial charge is 0.354 e. The van der Waals surface area contributed by atoms with Crippen molar-refractivity contribution in [1.29, 1.82) is 0 Å². The summed E-state index contributed by atoms with van der Waals surface area (Å²) in [4.78, 5) is 13.5. The average molecular weight is 476 g/mol. The Morgan fingerprint density at radius 2 is 1.91 bits per heavy atom. The van der Waals surface area contributed by atoms with E-state index in [-0.39, 0.29) is 6.67 Å². The van der Waals surface area contributed by atoms with Crippen molar-refractivity contribution < 1.29 is 4.39 Å². The van der Waals surface area contributed by atoms with E-state index in [2.05, 4.69) is 54.0 Å². The van der Waals surface area contributed by atoms with Gasteiger partial charge in [-0.25, -0.2) is 14.4 Å². The molecule has 1 aromatic carbocycles. The summed E-state index contributed by atoms with van der Waals surface area (Å²) in [5.41, 5.74) is 2.75. The number of aromatic nitrogens is 4. The summed E-state index contributed by atoms with van der Waals surface area (Å²) >= 11 is 1.58. The van der Waals surface area contributed by atoms with Gasteiger partial charge in [0.25, 0.3) is 0 Å². The molecule has 0 unspecified atom stereocenters. The molecule has 174 valence electrons. The monoisotopic (exact) mass is 475 g/mol. The van der Waals surface area contributed by atoms with Gasteiger partial charge in [-0.05, 0) is 36.6 Å². The quantitative estimate of drug-likeness (QED) is 0.418. The van der Waals surface area contributed by atoms with Gasteiger partial charge in [0, 0.05) is 67.3 Å². The van der Waals surface area contributed by atoms with Gasteiger partial charge in [0.05, 0.1) is 0 Å². The first-order valence-electron chi connectivity index (χ1n) is 11.2. The van der Waals surface area contributed by atoms with Gasteiger partial charge in [-0.3, -0.25) is 4.90 Å². The fraction of sp³-hybridized carbons (Fsp3) is 0.280. The Kier molecular flexibility index (Phi) is 6.46. The highest BCUT2D eigenvalue weighted by atomic mass is 32.1. The predicted octanol–water partition coefficient (Wildman–Crippen LogP) is 4.63. The molecule has 0 bridgehead atoms. The van der Waals surface area contributed by atoms with Gasteiger partial charge in [0.2, 0.25) is 0 Å². The maximum absolute atomic E-state index is 12.6. The highest BCUT2D eigenvalue weighted by Gasteiger charge is 2.18. The van der Waals surface area contributed by atoms with E-state index in [4.69, 9.17) is 0 Å². The second kappa shape index (κ2) is 9.82. The number of nitrogens with zero attached hydrogens (tertiary/aromatic N) is 6. The first kappa shape index (κ1) is 22.4. The van der Waals surface area contributed by atoms with Crippen LogP contribution >= 0.6 is 11.3 Å². The molecule has 1 aliphatic rings. The molecule has 0 radical (unpaired) electrons. The van der Waals surface area contributed by atoms with Gasteiger partial charge in [-0.1, -0.05) is 30.0 Å². The number of hydrogen-bond donors (Lipinski definition) is 1. The minimum absolute atomic E-state index is 0.300. The summed E-state index contributed by atoms with van der Waals surface area (Å²) in [5, 5.41) is 15.7. The van der Waals surface area contributed by atoms with E-state index in [0.717, 1.165) is 75.4 Å². The molecule has 3 aromatic heterocycles. The minimum atomic E-state index is -0.300. The van der Waals surface area contributed by atoms with Gasteiger partial charge >= 0.3 is 0 Å². The molecule has 1 N–H and O–H groups in total. The number of aryl methyl sites for hydroxylation is 1. The summed E-state index contributed by atoms with van der Waals surface area (Å²) in [5.74, 6) is 1.63. The van der Waals surface area contributed by atoms with Gasteiger partial charge in [-0.2, -0.15) is 0 Å². The number of pyridine rings is 2. The third-order valence-electron chi connectivity index (χ3n) is 5.96. The van der Waals surface area contributed by atoms with Crippen molar-refractivity contribution in [1.82, 2.24) is 25.1 Å². The van der Waals surface area contributed by atoms with E-state index in [1.165, 1.54) is 0 Å².